The number of nitrogens with one attached hydrogen (secondary N) is 1. The highest BCUT2D eigenvalue weighted by molar-refractivity contribution is 6.07. The van der Waals surface area contributed by atoms with Crippen molar-refractivity contribution in [1.82, 2.24) is 9.88 Å². The smallest absolute Gasteiger partial charge is 0.256 e. The second-order valence-corrected chi connectivity index (χ2v) is 6.59. The van der Waals surface area contributed by atoms with Crippen molar-refractivity contribution < 1.29 is 14.3 Å². The first-order chi connectivity index (χ1) is 13.2. The molecule has 1 aliphatic heterocycles. The van der Waals surface area contributed by atoms with E-state index in [-0.39, 0.29) is 5.91 Å². The van der Waals surface area contributed by atoms with E-state index in [0.29, 0.717) is 18.7 Å². The largest absolute Gasteiger partial charge is 0.497 e. The molecule has 0 bridgehead atoms. The van der Waals surface area contributed by atoms with Crippen LogP contribution >= 0.6 is 0 Å². The average Bonchev–Trinajstić information content (AvgIpc) is 3.16. The molecule has 27 heavy (non-hydrogen) atoms. The lowest BCUT2D eigenvalue weighted by Gasteiger charge is -2.36. The van der Waals surface area contributed by atoms with Gasteiger partial charge in [0, 0.05) is 49.0 Å². The molecular weight excluding hydrogens is 342 g/mol. The molecule has 2 heterocycles. The molecule has 0 saturated carbocycles. The van der Waals surface area contributed by atoms with Gasteiger partial charge in [-0.25, -0.2) is 0 Å². The molecule has 1 N–H and O–H groups in total. The van der Waals surface area contributed by atoms with Crippen LogP contribution in [-0.4, -0.2) is 56.2 Å². The number of H-pyrrole nitrogens is 1. The molecule has 1 saturated heterocycles. The Labute approximate surface area is 158 Å². The first-order valence-corrected chi connectivity index (χ1v) is 9.03. The Morgan fingerprint density at radius 2 is 1.59 bits per heavy atom. The van der Waals surface area contributed by atoms with E-state index < -0.39 is 0 Å². The van der Waals surface area contributed by atoms with Crippen molar-refractivity contribution in [2.75, 3.05) is 45.3 Å². The third-order valence-corrected chi connectivity index (χ3v) is 5.12. The van der Waals surface area contributed by atoms with Crippen molar-refractivity contribution in [3.8, 4) is 11.5 Å². The third kappa shape index (κ3) is 3.30. The fraction of sp³-hybridized carbons (Fsp3) is 0.286. The van der Waals surface area contributed by atoms with E-state index >= 15 is 0 Å². The minimum absolute atomic E-state index is 0.0592. The van der Waals surface area contributed by atoms with Gasteiger partial charge in [-0.1, -0.05) is 0 Å². The summed E-state index contributed by atoms with van der Waals surface area (Å²) >= 11 is 0. The number of nitrogens with zero attached hydrogens (tertiary/aromatic N) is 2. The Hall–Kier alpha value is -3.15. The van der Waals surface area contributed by atoms with Crippen molar-refractivity contribution in [3.05, 3.63) is 54.2 Å². The maximum absolute atomic E-state index is 13.0. The van der Waals surface area contributed by atoms with Crippen molar-refractivity contribution in [2.24, 2.45) is 0 Å². The first kappa shape index (κ1) is 17.3. The molecule has 0 unspecified atom stereocenters. The molecular formula is C21H23N3O3. The summed E-state index contributed by atoms with van der Waals surface area (Å²) < 4.78 is 10.5. The minimum atomic E-state index is 0.0592. The summed E-state index contributed by atoms with van der Waals surface area (Å²) in [5.41, 5.74) is 2.79. The van der Waals surface area contributed by atoms with Crippen LogP contribution in [0.4, 0.5) is 5.69 Å². The van der Waals surface area contributed by atoms with E-state index in [9.17, 15) is 4.79 Å². The number of aromatic amines is 1. The molecule has 2 aromatic carbocycles. The van der Waals surface area contributed by atoms with Gasteiger partial charge >= 0.3 is 0 Å². The molecule has 1 aromatic heterocycles. The zero-order chi connectivity index (χ0) is 18.8. The fourth-order valence-electron chi connectivity index (χ4n) is 3.53. The molecule has 4 rings (SSSR count). The fourth-order valence-corrected chi connectivity index (χ4v) is 3.53. The minimum Gasteiger partial charge on any atom is -0.497 e. The summed E-state index contributed by atoms with van der Waals surface area (Å²) in [6.45, 7) is 3.01. The Morgan fingerprint density at radius 3 is 2.26 bits per heavy atom. The molecule has 1 aliphatic rings. The predicted molar refractivity (Wildman–Crippen MR) is 106 cm³/mol. The van der Waals surface area contributed by atoms with Gasteiger partial charge in [0.2, 0.25) is 0 Å². The summed E-state index contributed by atoms with van der Waals surface area (Å²) in [5, 5.41) is 0.900. The molecule has 0 spiro atoms. The van der Waals surface area contributed by atoms with E-state index in [4.69, 9.17) is 9.47 Å². The molecule has 0 aliphatic carbocycles. The second-order valence-electron chi connectivity index (χ2n) is 6.59. The van der Waals surface area contributed by atoms with E-state index in [1.54, 1.807) is 20.4 Å². The number of hydrogen-bond donors (Lipinski definition) is 1. The van der Waals surface area contributed by atoms with Crippen molar-refractivity contribution in [2.45, 2.75) is 0 Å². The highest BCUT2D eigenvalue weighted by Crippen LogP contribution is 2.26. The summed E-state index contributed by atoms with van der Waals surface area (Å²) in [7, 11) is 3.30. The molecule has 0 radical (unpaired) electrons. The lowest BCUT2D eigenvalue weighted by atomic mass is 10.1. The van der Waals surface area contributed by atoms with Gasteiger partial charge in [0.1, 0.15) is 11.5 Å². The number of rotatable bonds is 4. The molecule has 3 aromatic rings. The van der Waals surface area contributed by atoms with Crippen molar-refractivity contribution in [1.29, 1.82) is 0 Å². The van der Waals surface area contributed by atoms with Gasteiger partial charge in [-0.2, -0.15) is 0 Å². The Bertz CT molecular complexity index is 941. The van der Waals surface area contributed by atoms with Gasteiger partial charge in [0.05, 0.1) is 19.8 Å². The maximum Gasteiger partial charge on any atom is 0.256 e. The number of carbonyl (C=O) groups excluding carboxylic acids is 1. The van der Waals surface area contributed by atoms with Crippen LogP contribution in [0.1, 0.15) is 10.4 Å². The number of anilines is 1. The number of ether oxygens (including phenoxy) is 2. The lowest BCUT2D eigenvalue weighted by Crippen LogP contribution is -2.48. The van der Waals surface area contributed by atoms with Crippen LogP contribution in [0, 0.1) is 0 Å². The monoisotopic (exact) mass is 365 g/mol. The number of amides is 1. The number of methoxy groups -OCH3 is 2. The van der Waals surface area contributed by atoms with E-state index in [1.807, 2.05) is 35.2 Å². The van der Waals surface area contributed by atoms with Crippen molar-refractivity contribution >= 4 is 22.5 Å². The second kappa shape index (κ2) is 7.23. The standard InChI is InChI=1S/C21H23N3O3/c1-26-16-5-3-15(4-6-16)23-9-11-24(12-10-23)21(25)19-14-22-20-8-7-17(27-2)13-18(19)20/h3-8,13-14,22H,9-12H2,1-2H3. The Balaban J connectivity index is 1.47. The summed E-state index contributed by atoms with van der Waals surface area (Å²) in [4.78, 5) is 20.4. The molecule has 6 nitrogen and oxygen atoms in total. The average molecular weight is 365 g/mol. The summed E-state index contributed by atoms with van der Waals surface area (Å²) in [5.74, 6) is 1.66. The molecule has 1 amide bonds. The Kier molecular flexibility index (Phi) is 4.62. The van der Waals surface area contributed by atoms with Crippen LogP contribution in [0.3, 0.4) is 0 Å². The molecule has 0 atom stereocenters. The van der Waals surface area contributed by atoms with Crippen molar-refractivity contribution in [3.63, 3.8) is 0 Å². The van der Waals surface area contributed by atoms with Gasteiger partial charge in [-0.05, 0) is 42.5 Å². The van der Waals surface area contributed by atoms with Gasteiger partial charge in [-0.15, -0.1) is 0 Å². The lowest BCUT2D eigenvalue weighted by molar-refractivity contribution is 0.0749. The van der Waals surface area contributed by atoms with E-state index in [0.717, 1.165) is 41.2 Å². The zero-order valence-electron chi connectivity index (χ0n) is 15.6. The topological polar surface area (TPSA) is 57.8 Å². The third-order valence-electron chi connectivity index (χ3n) is 5.12. The number of piperazine rings is 1. The Morgan fingerprint density at radius 1 is 0.926 bits per heavy atom. The van der Waals surface area contributed by atoms with Gasteiger partial charge in [0.15, 0.2) is 0 Å². The van der Waals surface area contributed by atoms with Gasteiger partial charge in [0.25, 0.3) is 5.91 Å². The highest BCUT2D eigenvalue weighted by atomic mass is 16.5. The van der Waals surface area contributed by atoms with Crippen LogP contribution in [0.25, 0.3) is 10.9 Å². The van der Waals surface area contributed by atoms with Crippen LogP contribution < -0.4 is 14.4 Å². The number of hydrogen-bond acceptors (Lipinski definition) is 4. The van der Waals surface area contributed by atoms with Crippen LogP contribution in [0.2, 0.25) is 0 Å². The number of benzene rings is 2. The van der Waals surface area contributed by atoms with E-state index in [2.05, 4.69) is 22.0 Å². The number of carbonyl (C=O) groups is 1. The van der Waals surface area contributed by atoms with Crippen LogP contribution in [-0.2, 0) is 0 Å². The maximum atomic E-state index is 13.0. The van der Waals surface area contributed by atoms with Gasteiger partial charge in [-0.3, -0.25) is 4.79 Å². The zero-order valence-corrected chi connectivity index (χ0v) is 15.6. The number of aromatic nitrogens is 1. The van der Waals surface area contributed by atoms with Crippen LogP contribution in [0.5, 0.6) is 11.5 Å². The first-order valence-electron chi connectivity index (χ1n) is 9.03. The SMILES string of the molecule is COc1ccc(N2CCN(C(=O)c3c[nH]c4ccc(OC)cc34)CC2)cc1. The van der Waals surface area contributed by atoms with Gasteiger partial charge < -0.3 is 24.3 Å². The normalized spacial score (nSPS) is 14.4. The highest BCUT2D eigenvalue weighted by Gasteiger charge is 2.24. The summed E-state index contributed by atoms with van der Waals surface area (Å²) in [6.07, 6.45) is 1.79. The number of fused-ring (bicyclic) bond motifs is 1. The quantitative estimate of drug-likeness (QED) is 0.772. The van der Waals surface area contributed by atoms with Crippen LogP contribution in [0.15, 0.2) is 48.7 Å². The summed E-state index contributed by atoms with van der Waals surface area (Å²) in [6, 6.07) is 13.8. The predicted octanol–water partition coefficient (Wildman–Crippen LogP) is 3.15. The molecule has 1 fully saturated rings. The molecule has 140 valence electrons. The van der Waals surface area contributed by atoms with E-state index in [1.165, 1.54) is 0 Å². The molecule has 6 heteroatoms.